The van der Waals surface area contributed by atoms with Crippen molar-refractivity contribution in [3.05, 3.63) is 59.0 Å². The van der Waals surface area contributed by atoms with Crippen molar-refractivity contribution in [2.24, 2.45) is 5.16 Å². The molecule has 3 rings (SSSR count). The third kappa shape index (κ3) is 2.50. The number of hydrogen-bond acceptors (Lipinski definition) is 4. The van der Waals surface area contributed by atoms with Crippen molar-refractivity contribution in [3.8, 4) is 0 Å². The molecule has 2 aromatic rings. The SMILES string of the molecule is Cc1ccc(C(=O)O/N=C2/CCCc3occc32)cc1. The predicted molar refractivity (Wildman–Crippen MR) is 74.8 cm³/mol. The molecule has 0 spiro atoms. The van der Waals surface area contributed by atoms with E-state index in [1.807, 2.05) is 25.1 Å². The molecule has 4 nitrogen and oxygen atoms in total. The fourth-order valence-corrected chi connectivity index (χ4v) is 2.28. The molecule has 0 radical (unpaired) electrons. The van der Waals surface area contributed by atoms with Crippen LogP contribution in [0.25, 0.3) is 0 Å². The first-order valence-electron chi connectivity index (χ1n) is 6.65. The van der Waals surface area contributed by atoms with E-state index in [0.717, 1.165) is 41.9 Å². The first-order chi connectivity index (χ1) is 9.74. The van der Waals surface area contributed by atoms with Crippen LogP contribution in [-0.4, -0.2) is 11.7 Å². The standard InChI is InChI=1S/C16H15NO3/c1-11-5-7-12(8-6-11)16(18)20-17-14-3-2-4-15-13(14)9-10-19-15/h5-10H,2-4H2,1H3/b17-14-. The Morgan fingerprint density at radius 3 is 2.80 bits per heavy atom. The van der Waals surface area contributed by atoms with E-state index in [1.165, 1.54) is 0 Å². The Kier molecular flexibility index (Phi) is 3.37. The highest BCUT2D eigenvalue weighted by Gasteiger charge is 2.19. The molecule has 0 saturated carbocycles. The fraction of sp³-hybridized carbons (Fsp3) is 0.250. The number of furan rings is 1. The van der Waals surface area contributed by atoms with Gasteiger partial charge < -0.3 is 9.25 Å². The Morgan fingerprint density at radius 1 is 1.20 bits per heavy atom. The van der Waals surface area contributed by atoms with Crippen LogP contribution in [0.3, 0.4) is 0 Å². The van der Waals surface area contributed by atoms with E-state index in [-0.39, 0.29) is 0 Å². The number of nitrogens with zero attached hydrogens (tertiary/aromatic N) is 1. The quantitative estimate of drug-likeness (QED) is 0.619. The lowest BCUT2D eigenvalue weighted by Crippen LogP contribution is -2.11. The molecule has 0 saturated heterocycles. The normalized spacial score (nSPS) is 15.9. The van der Waals surface area contributed by atoms with Gasteiger partial charge in [0.15, 0.2) is 0 Å². The fourth-order valence-electron chi connectivity index (χ4n) is 2.28. The number of fused-ring (bicyclic) bond motifs is 1. The van der Waals surface area contributed by atoms with Gasteiger partial charge in [-0.2, -0.15) is 0 Å². The van der Waals surface area contributed by atoms with Gasteiger partial charge >= 0.3 is 5.97 Å². The summed E-state index contributed by atoms with van der Waals surface area (Å²) in [7, 11) is 0. The zero-order chi connectivity index (χ0) is 13.9. The van der Waals surface area contributed by atoms with Crippen LogP contribution in [0.4, 0.5) is 0 Å². The number of oxime groups is 1. The third-order valence-electron chi connectivity index (χ3n) is 3.40. The number of rotatable bonds is 2. The van der Waals surface area contributed by atoms with Crippen LogP contribution in [-0.2, 0) is 11.3 Å². The second-order valence-corrected chi connectivity index (χ2v) is 4.89. The van der Waals surface area contributed by atoms with Crippen LogP contribution in [0.2, 0.25) is 0 Å². The van der Waals surface area contributed by atoms with Gasteiger partial charge in [0.25, 0.3) is 0 Å². The summed E-state index contributed by atoms with van der Waals surface area (Å²) in [6.45, 7) is 1.97. The molecule has 1 aliphatic rings. The van der Waals surface area contributed by atoms with E-state index in [1.54, 1.807) is 18.4 Å². The lowest BCUT2D eigenvalue weighted by molar-refractivity contribution is 0.0515. The second-order valence-electron chi connectivity index (χ2n) is 4.89. The Morgan fingerprint density at radius 2 is 2.00 bits per heavy atom. The van der Waals surface area contributed by atoms with Crippen LogP contribution >= 0.6 is 0 Å². The summed E-state index contributed by atoms with van der Waals surface area (Å²) in [4.78, 5) is 16.9. The maximum atomic E-state index is 11.9. The van der Waals surface area contributed by atoms with Crippen molar-refractivity contribution in [1.82, 2.24) is 0 Å². The summed E-state index contributed by atoms with van der Waals surface area (Å²) in [5.41, 5.74) is 3.33. The average Bonchev–Trinajstić information content (AvgIpc) is 2.94. The maximum Gasteiger partial charge on any atom is 0.365 e. The van der Waals surface area contributed by atoms with Gasteiger partial charge in [-0.15, -0.1) is 0 Å². The smallest absolute Gasteiger partial charge is 0.365 e. The van der Waals surface area contributed by atoms with Crippen molar-refractivity contribution in [3.63, 3.8) is 0 Å². The van der Waals surface area contributed by atoms with Crippen molar-refractivity contribution >= 4 is 11.7 Å². The van der Waals surface area contributed by atoms with E-state index >= 15 is 0 Å². The van der Waals surface area contributed by atoms with Gasteiger partial charge in [0.2, 0.25) is 0 Å². The maximum absolute atomic E-state index is 11.9. The molecule has 0 N–H and O–H groups in total. The van der Waals surface area contributed by atoms with Crippen molar-refractivity contribution < 1.29 is 14.0 Å². The molecule has 1 aromatic carbocycles. The average molecular weight is 269 g/mol. The Balaban J connectivity index is 1.75. The van der Waals surface area contributed by atoms with Gasteiger partial charge in [0, 0.05) is 12.0 Å². The molecular weight excluding hydrogens is 254 g/mol. The monoisotopic (exact) mass is 269 g/mol. The first-order valence-corrected chi connectivity index (χ1v) is 6.65. The minimum absolute atomic E-state index is 0.437. The van der Waals surface area contributed by atoms with Crippen LogP contribution in [0, 0.1) is 6.92 Å². The minimum atomic E-state index is -0.437. The van der Waals surface area contributed by atoms with Crippen LogP contribution in [0.5, 0.6) is 0 Å². The summed E-state index contributed by atoms with van der Waals surface area (Å²) in [5.74, 6) is 0.481. The molecule has 0 unspecified atom stereocenters. The highest BCUT2D eigenvalue weighted by Crippen LogP contribution is 2.22. The summed E-state index contributed by atoms with van der Waals surface area (Å²) in [5, 5.41) is 4.00. The van der Waals surface area contributed by atoms with E-state index in [2.05, 4.69) is 5.16 Å². The molecule has 1 aromatic heterocycles. The summed E-state index contributed by atoms with van der Waals surface area (Å²) < 4.78 is 5.37. The van der Waals surface area contributed by atoms with E-state index in [4.69, 9.17) is 9.25 Å². The largest absolute Gasteiger partial charge is 0.469 e. The molecular formula is C16H15NO3. The zero-order valence-corrected chi connectivity index (χ0v) is 11.3. The van der Waals surface area contributed by atoms with Crippen LogP contribution in [0.15, 0.2) is 46.2 Å². The summed E-state index contributed by atoms with van der Waals surface area (Å²) >= 11 is 0. The Hall–Kier alpha value is -2.36. The van der Waals surface area contributed by atoms with Gasteiger partial charge in [0.05, 0.1) is 17.5 Å². The van der Waals surface area contributed by atoms with E-state index in [9.17, 15) is 4.79 Å². The molecule has 102 valence electrons. The highest BCUT2D eigenvalue weighted by molar-refractivity contribution is 6.02. The summed E-state index contributed by atoms with van der Waals surface area (Å²) in [6, 6.07) is 9.09. The topological polar surface area (TPSA) is 51.8 Å². The van der Waals surface area contributed by atoms with Gasteiger partial charge in [-0.25, -0.2) is 4.79 Å². The third-order valence-corrected chi connectivity index (χ3v) is 3.40. The first kappa shape index (κ1) is 12.7. The lowest BCUT2D eigenvalue weighted by atomic mass is 9.97. The molecule has 0 fully saturated rings. The molecule has 20 heavy (non-hydrogen) atoms. The minimum Gasteiger partial charge on any atom is -0.469 e. The second kappa shape index (κ2) is 5.33. The Bertz CT molecular complexity index is 653. The van der Waals surface area contributed by atoms with Crippen molar-refractivity contribution in [2.45, 2.75) is 26.2 Å². The number of carbonyl (C=O) groups excluding carboxylic acids is 1. The number of benzene rings is 1. The Labute approximate surface area is 117 Å². The highest BCUT2D eigenvalue weighted by atomic mass is 16.7. The number of carbonyl (C=O) groups is 1. The molecule has 1 aliphatic carbocycles. The predicted octanol–water partition coefficient (Wildman–Crippen LogP) is 3.49. The van der Waals surface area contributed by atoms with Crippen molar-refractivity contribution in [2.75, 3.05) is 0 Å². The van der Waals surface area contributed by atoms with Gasteiger partial charge in [-0.3, -0.25) is 0 Å². The summed E-state index contributed by atoms with van der Waals surface area (Å²) in [6.07, 6.45) is 4.32. The number of aryl methyl sites for hydroxylation is 2. The van der Waals surface area contributed by atoms with Gasteiger partial charge in [-0.1, -0.05) is 22.9 Å². The molecule has 4 heteroatoms. The van der Waals surface area contributed by atoms with Crippen LogP contribution in [0.1, 0.15) is 40.1 Å². The van der Waals surface area contributed by atoms with Gasteiger partial charge in [-0.05, 0) is 38.0 Å². The molecule has 0 bridgehead atoms. The molecule has 0 aliphatic heterocycles. The van der Waals surface area contributed by atoms with Crippen LogP contribution < -0.4 is 0 Å². The van der Waals surface area contributed by atoms with Crippen molar-refractivity contribution in [1.29, 1.82) is 0 Å². The van der Waals surface area contributed by atoms with E-state index in [0.29, 0.717) is 5.56 Å². The van der Waals surface area contributed by atoms with Gasteiger partial charge in [0.1, 0.15) is 5.76 Å². The lowest BCUT2D eigenvalue weighted by Gasteiger charge is -2.11. The molecule has 1 heterocycles. The molecule has 0 amide bonds. The van der Waals surface area contributed by atoms with E-state index < -0.39 is 5.97 Å². The number of hydrogen-bond donors (Lipinski definition) is 0. The zero-order valence-electron chi connectivity index (χ0n) is 11.3. The molecule has 0 atom stereocenters.